The molecule has 0 bridgehead atoms. The van der Waals surface area contributed by atoms with Crippen molar-refractivity contribution in [3.05, 3.63) is 41.7 Å². The van der Waals surface area contributed by atoms with Crippen LogP contribution in [0, 0.1) is 12.8 Å². The van der Waals surface area contributed by atoms with Crippen LogP contribution in [0.3, 0.4) is 0 Å². The average Bonchev–Trinajstić information content (AvgIpc) is 3.13. The summed E-state index contributed by atoms with van der Waals surface area (Å²) in [6.07, 6.45) is 8.61. The molecule has 2 aliphatic heterocycles. The van der Waals surface area contributed by atoms with Crippen molar-refractivity contribution in [1.82, 2.24) is 24.6 Å². The number of fused-ring (bicyclic) bond motifs is 1. The molecular weight excluding hydrogens is 290 g/mol. The first kappa shape index (κ1) is 14.8. The molecule has 0 aliphatic carbocycles. The van der Waals surface area contributed by atoms with Gasteiger partial charge in [0.1, 0.15) is 11.9 Å². The number of aryl methyl sites for hydroxylation is 2. The Morgan fingerprint density at radius 1 is 1.39 bits per heavy atom. The van der Waals surface area contributed by atoms with Gasteiger partial charge < -0.3 is 4.74 Å². The summed E-state index contributed by atoms with van der Waals surface area (Å²) in [5.41, 5.74) is 2.30. The third-order valence-electron chi connectivity index (χ3n) is 4.93. The van der Waals surface area contributed by atoms with E-state index in [1.54, 1.807) is 0 Å². The zero-order chi connectivity index (χ0) is 15.8. The second kappa shape index (κ2) is 6.02. The van der Waals surface area contributed by atoms with Gasteiger partial charge in [0.2, 0.25) is 0 Å². The molecule has 2 fully saturated rings. The Morgan fingerprint density at radius 2 is 2.30 bits per heavy atom. The van der Waals surface area contributed by atoms with Crippen LogP contribution in [0.2, 0.25) is 0 Å². The van der Waals surface area contributed by atoms with Gasteiger partial charge in [-0.2, -0.15) is 5.10 Å². The molecule has 0 saturated carbocycles. The van der Waals surface area contributed by atoms with Gasteiger partial charge in [0.25, 0.3) is 0 Å². The van der Waals surface area contributed by atoms with Crippen LogP contribution in [0.5, 0.6) is 0 Å². The number of hydrogen-bond donors (Lipinski definition) is 0. The van der Waals surface area contributed by atoms with Gasteiger partial charge in [0.15, 0.2) is 0 Å². The molecule has 2 aliphatic rings. The molecule has 4 heterocycles. The number of aromatic nitrogens is 4. The second-order valence-corrected chi connectivity index (χ2v) is 6.73. The van der Waals surface area contributed by atoms with Crippen LogP contribution >= 0.6 is 0 Å². The molecule has 2 aromatic rings. The van der Waals surface area contributed by atoms with Crippen LogP contribution in [0.1, 0.15) is 36.0 Å². The van der Waals surface area contributed by atoms with E-state index in [0.29, 0.717) is 12.0 Å². The monoisotopic (exact) mass is 313 g/mol. The summed E-state index contributed by atoms with van der Waals surface area (Å²) < 4.78 is 8.19. The fraction of sp³-hybridized carbons (Fsp3) is 0.588. The summed E-state index contributed by atoms with van der Waals surface area (Å²) in [6.45, 7) is 5.02. The number of ether oxygens (including phenoxy) is 1. The summed E-state index contributed by atoms with van der Waals surface area (Å²) in [7, 11) is 1.96. The maximum absolute atomic E-state index is 6.33. The molecule has 2 saturated heterocycles. The Bertz CT molecular complexity index is 685. The maximum atomic E-state index is 6.33. The molecule has 0 aromatic carbocycles. The van der Waals surface area contributed by atoms with Gasteiger partial charge in [-0.15, -0.1) is 0 Å². The van der Waals surface area contributed by atoms with Crippen molar-refractivity contribution in [2.45, 2.75) is 38.5 Å². The highest BCUT2D eigenvalue weighted by molar-refractivity contribution is 5.09. The van der Waals surface area contributed by atoms with Gasteiger partial charge in [-0.25, -0.2) is 9.97 Å². The number of likely N-dealkylation sites (tertiary alicyclic amines) is 1. The quantitative estimate of drug-likeness (QED) is 0.866. The fourth-order valence-electron chi connectivity index (χ4n) is 3.79. The summed E-state index contributed by atoms with van der Waals surface area (Å²) in [5, 5.41) is 4.25. The average molecular weight is 313 g/mol. The Hall–Kier alpha value is -1.79. The van der Waals surface area contributed by atoms with Crippen LogP contribution < -0.4 is 0 Å². The van der Waals surface area contributed by atoms with Gasteiger partial charge in [0, 0.05) is 38.1 Å². The highest BCUT2D eigenvalue weighted by Crippen LogP contribution is 2.40. The smallest absolute Gasteiger partial charge is 0.125 e. The van der Waals surface area contributed by atoms with Gasteiger partial charge in [-0.3, -0.25) is 9.58 Å². The van der Waals surface area contributed by atoms with Gasteiger partial charge >= 0.3 is 0 Å². The highest BCUT2D eigenvalue weighted by atomic mass is 16.5. The Balaban J connectivity index is 1.40. The zero-order valence-electron chi connectivity index (χ0n) is 13.7. The Labute approximate surface area is 136 Å². The van der Waals surface area contributed by atoms with Crippen LogP contribution in [0.25, 0.3) is 0 Å². The van der Waals surface area contributed by atoms with Gasteiger partial charge in [0.05, 0.1) is 18.0 Å². The van der Waals surface area contributed by atoms with Crippen molar-refractivity contribution < 1.29 is 4.74 Å². The minimum Gasteiger partial charge on any atom is -0.367 e. The van der Waals surface area contributed by atoms with Crippen molar-refractivity contribution in [1.29, 1.82) is 0 Å². The van der Waals surface area contributed by atoms with Crippen molar-refractivity contribution >= 4 is 0 Å². The molecule has 4 rings (SSSR count). The molecule has 3 atom stereocenters. The molecule has 122 valence electrons. The molecular formula is C17H23N5O. The van der Waals surface area contributed by atoms with Crippen LogP contribution in [-0.2, 0) is 18.3 Å². The third kappa shape index (κ3) is 3.14. The molecule has 0 radical (unpaired) electrons. The van der Waals surface area contributed by atoms with E-state index in [-0.39, 0.29) is 6.10 Å². The lowest BCUT2D eigenvalue weighted by Gasteiger charge is -2.33. The first-order valence-corrected chi connectivity index (χ1v) is 8.32. The molecule has 2 aromatic heterocycles. The van der Waals surface area contributed by atoms with E-state index in [0.717, 1.165) is 37.6 Å². The molecule has 6 heteroatoms. The van der Waals surface area contributed by atoms with E-state index in [2.05, 4.69) is 26.2 Å². The minimum absolute atomic E-state index is 0.130. The normalized spacial score (nSPS) is 28.0. The second-order valence-electron chi connectivity index (χ2n) is 6.73. The minimum atomic E-state index is 0.130. The number of hydrogen-bond acceptors (Lipinski definition) is 5. The van der Waals surface area contributed by atoms with Crippen molar-refractivity contribution in [3.63, 3.8) is 0 Å². The number of rotatable bonds is 3. The lowest BCUT2D eigenvalue weighted by Crippen LogP contribution is -2.41. The van der Waals surface area contributed by atoms with E-state index in [4.69, 9.17) is 4.74 Å². The Kier molecular flexibility index (Phi) is 3.87. The number of nitrogens with zero attached hydrogens (tertiary/aromatic N) is 5. The summed E-state index contributed by atoms with van der Waals surface area (Å²) in [5.74, 6) is 1.47. The van der Waals surface area contributed by atoms with E-state index in [9.17, 15) is 0 Å². The SMILES string of the molecule is Cc1nccc([C@H]2C[C@@H]3CCN(Cc4cnn(C)c4)C[C@H]3O2)n1. The third-order valence-corrected chi connectivity index (χ3v) is 4.93. The van der Waals surface area contributed by atoms with E-state index < -0.39 is 0 Å². The first-order valence-electron chi connectivity index (χ1n) is 8.32. The highest BCUT2D eigenvalue weighted by Gasteiger charge is 2.40. The van der Waals surface area contributed by atoms with Gasteiger partial charge in [-0.05, 0) is 38.3 Å². The standard InChI is InChI=1S/C17H23N5O/c1-12-18-5-3-15(20-12)16-7-14-4-6-22(11-17(14)23-16)10-13-8-19-21(2)9-13/h3,5,8-9,14,16-17H,4,6-7,10-11H2,1-2H3/t14-,16+,17+/m0/s1. The van der Waals surface area contributed by atoms with E-state index >= 15 is 0 Å². The maximum Gasteiger partial charge on any atom is 0.125 e. The van der Waals surface area contributed by atoms with Crippen molar-refractivity contribution in [2.75, 3.05) is 13.1 Å². The molecule has 23 heavy (non-hydrogen) atoms. The fourth-order valence-corrected chi connectivity index (χ4v) is 3.79. The summed E-state index contributed by atoms with van der Waals surface area (Å²) in [6, 6.07) is 1.99. The van der Waals surface area contributed by atoms with Crippen molar-refractivity contribution in [3.8, 4) is 0 Å². The van der Waals surface area contributed by atoms with E-state index in [1.807, 2.05) is 37.1 Å². The van der Waals surface area contributed by atoms with Crippen LogP contribution in [-0.4, -0.2) is 43.8 Å². The van der Waals surface area contributed by atoms with Crippen LogP contribution in [0.4, 0.5) is 0 Å². The van der Waals surface area contributed by atoms with Crippen LogP contribution in [0.15, 0.2) is 24.7 Å². The predicted molar refractivity (Wildman–Crippen MR) is 85.6 cm³/mol. The Morgan fingerprint density at radius 3 is 3.09 bits per heavy atom. The molecule has 0 spiro atoms. The predicted octanol–water partition coefficient (Wildman–Crippen LogP) is 1.87. The lowest BCUT2D eigenvalue weighted by atomic mass is 9.91. The summed E-state index contributed by atoms with van der Waals surface area (Å²) in [4.78, 5) is 11.2. The molecule has 0 unspecified atom stereocenters. The molecule has 6 nitrogen and oxygen atoms in total. The summed E-state index contributed by atoms with van der Waals surface area (Å²) >= 11 is 0. The van der Waals surface area contributed by atoms with E-state index in [1.165, 1.54) is 12.0 Å². The van der Waals surface area contributed by atoms with Gasteiger partial charge in [-0.1, -0.05) is 0 Å². The topological polar surface area (TPSA) is 56.1 Å². The molecule has 0 amide bonds. The first-order chi connectivity index (χ1) is 11.2. The number of piperidine rings is 1. The lowest BCUT2D eigenvalue weighted by molar-refractivity contribution is -0.0107. The largest absolute Gasteiger partial charge is 0.367 e. The molecule has 0 N–H and O–H groups in total. The van der Waals surface area contributed by atoms with Crippen molar-refractivity contribution in [2.24, 2.45) is 13.0 Å². The zero-order valence-corrected chi connectivity index (χ0v) is 13.7.